The highest BCUT2D eigenvalue weighted by Crippen LogP contribution is 2.40. The van der Waals surface area contributed by atoms with Crippen LogP contribution in [0.15, 0.2) is 28.4 Å². The zero-order chi connectivity index (χ0) is 22.9. The summed E-state index contributed by atoms with van der Waals surface area (Å²) in [6, 6.07) is 2.03. The normalized spacial score (nSPS) is 19.7. The molecular weight excluding hydrogens is 446 g/mol. The molecule has 2 fully saturated rings. The first-order valence-corrected chi connectivity index (χ1v) is 12.3. The van der Waals surface area contributed by atoms with Crippen LogP contribution in [0.1, 0.15) is 32.4 Å². The maximum absolute atomic E-state index is 9.98. The number of hydrogen-bond acceptors (Lipinski definition) is 9. The third-order valence-corrected chi connectivity index (χ3v) is 8.35. The first-order valence-electron chi connectivity index (χ1n) is 11.1. The zero-order valence-corrected chi connectivity index (χ0v) is 20.2. The lowest BCUT2D eigenvalue weighted by molar-refractivity contribution is 0.204. The molecule has 2 aliphatic rings. The van der Waals surface area contributed by atoms with Crippen LogP contribution in [0.4, 0.5) is 11.6 Å². The molecule has 8 nitrogen and oxygen atoms in total. The van der Waals surface area contributed by atoms with Gasteiger partial charge in [0.25, 0.3) is 0 Å². The summed E-state index contributed by atoms with van der Waals surface area (Å²) in [5.41, 5.74) is 12.6. The van der Waals surface area contributed by atoms with E-state index in [9.17, 15) is 5.11 Å². The highest BCUT2D eigenvalue weighted by atomic mass is 35.5. The summed E-state index contributed by atoms with van der Waals surface area (Å²) in [4.78, 5) is 19.0. The van der Waals surface area contributed by atoms with Gasteiger partial charge in [-0.15, -0.1) is 0 Å². The number of aliphatic hydroxyl groups is 1. The van der Waals surface area contributed by atoms with Gasteiger partial charge in [0.05, 0.1) is 17.8 Å². The lowest BCUT2D eigenvalue weighted by Gasteiger charge is -2.42. The van der Waals surface area contributed by atoms with E-state index in [2.05, 4.69) is 38.6 Å². The van der Waals surface area contributed by atoms with Crippen molar-refractivity contribution in [1.29, 1.82) is 0 Å². The molecule has 0 aromatic carbocycles. The second-order valence-corrected chi connectivity index (χ2v) is 10.6. The Bertz CT molecular complexity index is 946. The van der Waals surface area contributed by atoms with Crippen molar-refractivity contribution in [3.8, 4) is 0 Å². The fraction of sp³-hybridized carbons (Fsp3) is 0.591. The van der Waals surface area contributed by atoms with Crippen molar-refractivity contribution >= 4 is 35.0 Å². The molecule has 32 heavy (non-hydrogen) atoms. The molecule has 2 saturated heterocycles. The number of halogens is 1. The van der Waals surface area contributed by atoms with Crippen LogP contribution >= 0.6 is 23.4 Å². The number of anilines is 2. The summed E-state index contributed by atoms with van der Waals surface area (Å²) in [5.74, 6) is 2.02. The molecule has 0 amide bonds. The number of rotatable bonds is 7. The SMILES string of the molecule is CC(N)C1(C)CCN(c2ncc(Sc3ccnc(N4CC(CN)C4)c3Cl)nc2CO)CC1. The minimum atomic E-state index is -0.165. The quantitative estimate of drug-likeness (QED) is 0.552. The van der Waals surface area contributed by atoms with E-state index in [4.69, 9.17) is 23.1 Å². The molecule has 174 valence electrons. The summed E-state index contributed by atoms with van der Waals surface area (Å²) in [5, 5.41) is 11.3. The van der Waals surface area contributed by atoms with Gasteiger partial charge in [0.2, 0.25) is 0 Å². The van der Waals surface area contributed by atoms with Gasteiger partial charge in [-0.05, 0) is 37.8 Å². The van der Waals surface area contributed by atoms with Crippen molar-refractivity contribution in [3.05, 3.63) is 29.2 Å². The van der Waals surface area contributed by atoms with Crippen molar-refractivity contribution in [2.45, 2.75) is 49.3 Å². The van der Waals surface area contributed by atoms with Crippen molar-refractivity contribution in [3.63, 3.8) is 0 Å². The molecule has 2 aromatic heterocycles. The molecule has 2 aliphatic heterocycles. The van der Waals surface area contributed by atoms with Crippen molar-refractivity contribution < 1.29 is 5.11 Å². The molecule has 2 aromatic rings. The van der Waals surface area contributed by atoms with E-state index in [1.807, 2.05) is 6.07 Å². The van der Waals surface area contributed by atoms with Crippen LogP contribution in [-0.2, 0) is 6.61 Å². The zero-order valence-electron chi connectivity index (χ0n) is 18.7. The Morgan fingerprint density at radius 2 is 1.97 bits per heavy atom. The van der Waals surface area contributed by atoms with Gasteiger partial charge in [-0.25, -0.2) is 15.0 Å². The standard InChI is InChI=1S/C22H32ClN7OS/c1-14(25)22(2)4-7-29(8-5-22)20-16(13-31)28-18(10-27-20)32-17-3-6-26-21(19(17)23)30-11-15(9-24)12-30/h3,6,10,14-15,31H,4-5,7-9,11-13,24-25H2,1-2H3. The highest BCUT2D eigenvalue weighted by molar-refractivity contribution is 7.99. The average Bonchev–Trinajstić information content (AvgIpc) is 2.76. The molecule has 4 rings (SSSR count). The van der Waals surface area contributed by atoms with Gasteiger partial charge >= 0.3 is 0 Å². The van der Waals surface area contributed by atoms with Gasteiger partial charge in [-0.1, -0.05) is 30.3 Å². The van der Waals surface area contributed by atoms with Crippen LogP contribution < -0.4 is 21.3 Å². The third-order valence-electron chi connectivity index (χ3n) is 6.89. The lowest BCUT2D eigenvalue weighted by atomic mass is 9.75. The van der Waals surface area contributed by atoms with E-state index < -0.39 is 0 Å². The Balaban J connectivity index is 1.48. The van der Waals surface area contributed by atoms with Gasteiger partial charge in [0.15, 0.2) is 5.82 Å². The summed E-state index contributed by atoms with van der Waals surface area (Å²) < 4.78 is 0. The first kappa shape index (κ1) is 23.5. The lowest BCUT2D eigenvalue weighted by Crippen LogP contribution is -2.50. The molecule has 1 atom stereocenters. The number of piperidine rings is 1. The summed E-state index contributed by atoms with van der Waals surface area (Å²) in [6.07, 6.45) is 5.50. The molecule has 0 aliphatic carbocycles. The van der Waals surface area contributed by atoms with Crippen LogP contribution in [-0.4, -0.2) is 58.8 Å². The van der Waals surface area contributed by atoms with Crippen LogP contribution in [0, 0.1) is 11.3 Å². The van der Waals surface area contributed by atoms with Gasteiger partial charge in [-0.3, -0.25) is 0 Å². The van der Waals surface area contributed by atoms with Crippen LogP contribution in [0.2, 0.25) is 5.02 Å². The van der Waals surface area contributed by atoms with E-state index in [0.29, 0.717) is 28.2 Å². The average molecular weight is 478 g/mol. The number of nitrogens with zero attached hydrogens (tertiary/aromatic N) is 5. The second-order valence-electron chi connectivity index (χ2n) is 9.12. The Morgan fingerprint density at radius 3 is 2.59 bits per heavy atom. The van der Waals surface area contributed by atoms with Crippen LogP contribution in [0.5, 0.6) is 0 Å². The smallest absolute Gasteiger partial charge is 0.152 e. The Hall–Kier alpha value is -1.65. The van der Waals surface area contributed by atoms with E-state index >= 15 is 0 Å². The predicted molar refractivity (Wildman–Crippen MR) is 129 cm³/mol. The van der Waals surface area contributed by atoms with E-state index in [0.717, 1.165) is 55.6 Å². The molecule has 4 heterocycles. The molecule has 0 radical (unpaired) electrons. The third kappa shape index (κ3) is 4.68. The van der Waals surface area contributed by atoms with E-state index in [-0.39, 0.29) is 18.1 Å². The van der Waals surface area contributed by atoms with E-state index in [1.165, 1.54) is 11.8 Å². The van der Waals surface area contributed by atoms with Crippen molar-refractivity contribution in [2.24, 2.45) is 22.8 Å². The maximum atomic E-state index is 9.98. The van der Waals surface area contributed by atoms with Gasteiger partial charge < -0.3 is 26.4 Å². The predicted octanol–water partition coefficient (Wildman–Crippen LogP) is 2.52. The molecule has 1 unspecified atom stereocenters. The monoisotopic (exact) mass is 477 g/mol. The molecule has 0 spiro atoms. The summed E-state index contributed by atoms with van der Waals surface area (Å²) in [7, 11) is 0. The molecule has 0 saturated carbocycles. The largest absolute Gasteiger partial charge is 0.390 e. The number of nitrogens with two attached hydrogens (primary N) is 2. The summed E-state index contributed by atoms with van der Waals surface area (Å²) >= 11 is 8.10. The highest BCUT2D eigenvalue weighted by Gasteiger charge is 2.34. The van der Waals surface area contributed by atoms with Gasteiger partial charge in [0, 0.05) is 49.2 Å². The number of aromatic nitrogens is 3. The number of hydrogen-bond donors (Lipinski definition) is 3. The van der Waals surface area contributed by atoms with Crippen molar-refractivity contribution in [1.82, 2.24) is 15.0 Å². The molecule has 10 heteroatoms. The first-order chi connectivity index (χ1) is 15.3. The van der Waals surface area contributed by atoms with Gasteiger partial charge in [-0.2, -0.15) is 0 Å². The maximum Gasteiger partial charge on any atom is 0.152 e. The number of aliphatic hydroxyl groups excluding tert-OH is 1. The minimum absolute atomic E-state index is 0.134. The Morgan fingerprint density at radius 1 is 1.25 bits per heavy atom. The van der Waals surface area contributed by atoms with Gasteiger partial charge in [0.1, 0.15) is 16.5 Å². The van der Waals surface area contributed by atoms with E-state index in [1.54, 1.807) is 12.4 Å². The molecular formula is C22H32ClN7OS. The fourth-order valence-electron chi connectivity index (χ4n) is 4.23. The summed E-state index contributed by atoms with van der Waals surface area (Å²) in [6.45, 7) is 8.29. The second kappa shape index (κ2) is 9.69. The Kier molecular flexibility index (Phi) is 7.11. The topological polar surface area (TPSA) is 117 Å². The van der Waals surface area contributed by atoms with Crippen LogP contribution in [0.3, 0.4) is 0 Å². The number of pyridine rings is 1. The molecule has 5 N–H and O–H groups in total. The molecule has 0 bridgehead atoms. The minimum Gasteiger partial charge on any atom is -0.390 e. The fourth-order valence-corrected chi connectivity index (χ4v) is 5.37. The van der Waals surface area contributed by atoms with Crippen LogP contribution in [0.25, 0.3) is 0 Å². The van der Waals surface area contributed by atoms with Crippen molar-refractivity contribution in [2.75, 3.05) is 42.5 Å². The Labute approximate surface area is 198 Å².